The van der Waals surface area contributed by atoms with Crippen LogP contribution in [0.25, 0.3) is 0 Å². The van der Waals surface area contributed by atoms with Gasteiger partial charge in [-0.25, -0.2) is 0 Å². The zero-order valence-corrected chi connectivity index (χ0v) is 17.9. The van der Waals surface area contributed by atoms with Crippen LogP contribution in [0.4, 0.5) is 5.69 Å². The molecule has 0 saturated carbocycles. The number of para-hydroxylation sites is 2. The van der Waals surface area contributed by atoms with Crippen LogP contribution in [0.2, 0.25) is 0 Å². The Balaban J connectivity index is 1.71. The average molecular weight is 415 g/mol. The monoisotopic (exact) mass is 414 g/mol. The molecule has 0 heterocycles. The summed E-state index contributed by atoms with van der Waals surface area (Å²) < 4.78 is 17.0. The van der Waals surface area contributed by atoms with Gasteiger partial charge in [0.05, 0.1) is 20.2 Å². The SMILES string of the molecule is CN=C(NCCOc1cccc(NC(C)=O)c1)NCC(C)Oc1ccccc1OC. The Bertz CT molecular complexity index is 841. The molecule has 8 heteroatoms. The van der Waals surface area contributed by atoms with Gasteiger partial charge in [0, 0.05) is 25.7 Å². The number of carbonyl (C=O) groups is 1. The van der Waals surface area contributed by atoms with Crippen molar-refractivity contribution in [1.82, 2.24) is 10.6 Å². The highest BCUT2D eigenvalue weighted by molar-refractivity contribution is 5.88. The molecule has 0 fully saturated rings. The van der Waals surface area contributed by atoms with Crippen molar-refractivity contribution in [2.24, 2.45) is 4.99 Å². The lowest BCUT2D eigenvalue weighted by Gasteiger charge is -2.19. The predicted molar refractivity (Wildman–Crippen MR) is 119 cm³/mol. The topological polar surface area (TPSA) is 93.2 Å². The van der Waals surface area contributed by atoms with E-state index in [0.717, 1.165) is 0 Å². The van der Waals surface area contributed by atoms with Gasteiger partial charge in [-0.15, -0.1) is 0 Å². The van der Waals surface area contributed by atoms with Gasteiger partial charge in [-0.3, -0.25) is 9.79 Å². The van der Waals surface area contributed by atoms with Crippen molar-refractivity contribution in [2.45, 2.75) is 20.0 Å². The molecule has 0 aliphatic heterocycles. The zero-order chi connectivity index (χ0) is 21.8. The zero-order valence-electron chi connectivity index (χ0n) is 17.9. The minimum atomic E-state index is -0.118. The van der Waals surface area contributed by atoms with Gasteiger partial charge in [0.1, 0.15) is 18.5 Å². The van der Waals surface area contributed by atoms with Crippen LogP contribution in [0.1, 0.15) is 13.8 Å². The Morgan fingerprint density at radius 2 is 1.87 bits per heavy atom. The summed E-state index contributed by atoms with van der Waals surface area (Å²) in [4.78, 5) is 15.3. The number of nitrogens with one attached hydrogen (secondary N) is 3. The van der Waals surface area contributed by atoms with Gasteiger partial charge in [0.25, 0.3) is 0 Å². The van der Waals surface area contributed by atoms with E-state index in [9.17, 15) is 4.79 Å². The number of benzene rings is 2. The van der Waals surface area contributed by atoms with Gasteiger partial charge in [-0.2, -0.15) is 0 Å². The molecule has 0 aromatic heterocycles. The van der Waals surface area contributed by atoms with Crippen molar-refractivity contribution in [2.75, 3.05) is 39.2 Å². The number of aliphatic imine (C=N–C) groups is 1. The van der Waals surface area contributed by atoms with Crippen LogP contribution in [0.5, 0.6) is 17.2 Å². The maximum Gasteiger partial charge on any atom is 0.221 e. The standard InChI is InChI=1S/C22H30N4O4/c1-16(30-21-11-6-5-10-20(21)28-4)15-25-22(23-3)24-12-13-29-19-9-7-8-18(14-19)26-17(2)27/h5-11,14,16H,12-13,15H2,1-4H3,(H,26,27)(H2,23,24,25). The summed E-state index contributed by atoms with van der Waals surface area (Å²) in [6.45, 7) is 5.01. The number of hydrogen-bond donors (Lipinski definition) is 3. The normalized spacial score (nSPS) is 11.9. The second-order valence-electron chi connectivity index (χ2n) is 6.52. The number of anilines is 1. The van der Waals surface area contributed by atoms with E-state index in [-0.39, 0.29) is 12.0 Å². The molecule has 2 rings (SSSR count). The summed E-state index contributed by atoms with van der Waals surface area (Å²) in [6.07, 6.45) is -0.0902. The molecule has 3 N–H and O–H groups in total. The molecular weight excluding hydrogens is 384 g/mol. The molecule has 30 heavy (non-hydrogen) atoms. The average Bonchev–Trinajstić information content (AvgIpc) is 2.73. The lowest BCUT2D eigenvalue weighted by Crippen LogP contribution is -2.43. The van der Waals surface area contributed by atoms with Crippen LogP contribution >= 0.6 is 0 Å². The Kier molecular flexibility index (Phi) is 9.30. The van der Waals surface area contributed by atoms with E-state index in [2.05, 4.69) is 20.9 Å². The Hall–Kier alpha value is -3.42. The third kappa shape index (κ3) is 7.90. The molecule has 0 saturated heterocycles. The predicted octanol–water partition coefficient (Wildman–Crippen LogP) is 2.66. The first-order valence-electron chi connectivity index (χ1n) is 9.76. The fraction of sp³-hybridized carbons (Fsp3) is 0.364. The number of nitrogens with zero attached hydrogens (tertiary/aromatic N) is 1. The quantitative estimate of drug-likeness (QED) is 0.314. The molecule has 2 aromatic rings. The van der Waals surface area contributed by atoms with Crippen LogP contribution in [-0.4, -0.2) is 51.8 Å². The van der Waals surface area contributed by atoms with Crippen LogP contribution in [0, 0.1) is 0 Å². The summed E-state index contributed by atoms with van der Waals surface area (Å²) in [7, 11) is 3.33. The number of carbonyl (C=O) groups excluding carboxylic acids is 1. The molecule has 1 unspecified atom stereocenters. The van der Waals surface area contributed by atoms with Gasteiger partial charge < -0.3 is 30.2 Å². The van der Waals surface area contributed by atoms with E-state index >= 15 is 0 Å². The van der Waals surface area contributed by atoms with E-state index in [4.69, 9.17) is 14.2 Å². The van der Waals surface area contributed by atoms with E-state index in [1.54, 1.807) is 20.2 Å². The van der Waals surface area contributed by atoms with Gasteiger partial charge >= 0.3 is 0 Å². The number of guanidine groups is 1. The van der Waals surface area contributed by atoms with E-state index in [0.29, 0.717) is 48.6 Å². The molecular formula is C22H30N4O4. The molecule has 1 atom stereocenters. The molecule has 1 amide bonds. The first-order chi connectivity index (χ1) is 14.5. The van der Waals surface area contributed by atoms with Gasteiger partial charge in [0.2, 0.25) is 5.91 Å². The van der Waals surface area contributed by atoms with Crippen molar-refractivity contribution in [3.63, 3.8) is 0 Å². The van der Waals surface area contributed by atoms with Crippen molar-refractivity contribution in [3.8, 4) is 17.2 Å². The van der Waals surface area contributed by atoms with E-state index in [1.807, 2.05) is 49.4 Å². The number of amides is 1. The third-order valence-electron chi connectivity index (χ3n) is 4.00. The summed E-state index contributed by atoms with van der Waals surface area (Å²) in [6, 6.07) is 14.8. The fourth-order valence-electron chi connectivity index (χ4n) is 2.64. The highest BCUT2D eigenvalue weighted by Gasteiger charge is 2.09. The van der Waals surface area contributed by atoms with Crippen molar-refractivity contribution in [3.05, 3.63) is 48.5 Å². The first-order valence-corrected chi connectivity index (χ1v) is 9.76. The molecule has 0 aliphatic rings. The van der Waals surface area contributed by atoms with Crippen molar-refractivity contribution < 1.29 is 19.0 Å². The molecule has 162 valence electrons. The van der Waals surface area contributed by atoms with E-state index in [1.165, 1.54) is 6.92 Å². The highest BCUT2D eigenvalue weighted by Crippen LogP contribution is 2.26. The Labute approximate surface area is 177 Å². The van der Waals surface area contributed by atoms with Crippen molar-refractivity contribution in [1.29, 1.82) is 0 Å². The summed E-state index contributed by atoms with van der Waals surface area (Å²) in [5, 5.41) is 9.15. The van der Waals surface area contributed by atoms with Crippen LogP contribution < -0.4 is 30.2 Å². The van der Waals surface area contributed by atoms with Crippen LogP contribution in [0.3, 0.4) is 0 Å². The second kappa shape index (κ2) is 12.2. The minimum Gasteiger partial charge on any atom is -0.493 e. The summed E-state index contributed by atoms with van der Waals surface area (Å²) in [5.41, 5.74) is 0.703. The molecule has 2 aromatic carbocycles. The number of rotatable bonds is 10. The summed E-state index contributed by atoms with van der Waals surface area (Å²) >= 11 is 0. The Morgan fingerprint density at radius 1 is 1.10 bits per heavy atom. The Morgan fingerprint density at radius 3 is 2.57 bits per heavy atom. The maximum absolute atomic E-state index is 11.1. The molecule has 8 nitrogen and oxygen atoms in total. The van der Waals surface area contributed by atoms with Gasteiger partial charge in [0.15, 0.2) is 17.5 Å². The third-order valence-corrected chi connectivity index (χ3v) is 4.00. The van der Waals surface area contributed by atoms with E-state index < -0.39 is 0 Å². The lowest BCUT2D eigenvalue weighted by atomic mass is 10.3. The summed E-state index contributed by atoms with van der Waals surface area (Å²) in [5.74, 6) is 2.62. The number of methoxy groups -OCH3 is 1. The molecule has 0 radical (unpaired) electrons. The number of hydrogen-bond acceptors (Lipinski definition) is 5. The van der Waals surface area contributed by atoms with Crippen LogP contribution in [0.15, 0.2) is 53.5 Å². The largest absolute Gasteiger partial charge is 0.493 e. The molecule has 0 bridgehead atoms. The molecule has 0 spiro atoms. The van der Waals surface area contributed by atoms with Gasteiger partial charge in [-0.1, -0.05) is 18.2 Å². The maximum atomic E-state index is 11.1. The lowest BCUT2D eigenvalue weighted by molar-refractivity contribution is -0.114. The first kappa shape index (κ1) is 22.9. The number of ether oxygens (including phenoxy) is 3. The van der Waals surface area contributed by atoms with Crippen LogP contribution in [-0.2, 0) is 4.79 Å². The highest BCUT2D eigenvalue weighted by atomic mass is 16.5. The molecule has 0 aliphatic carbocycles. The fourth-order valence-corrected chi connectivity index (χ4v) is 2.64. The second-order valence-corrected chi connectivity index (χ2v) is 6.52. The minimum absolute atomic E-state index is 0.0902. The van der Waals surface area contributed by atoms with Gasteiger partial charge in [-0.05, 0) is 31.2 Å². The van der Waals surface area contributed by atoms with Crippen molar-refractivity contribution >= 4 is 17.6 Å². The smallest absolute Gasteiger partial charge is 0.221 e.